The standard InChI is InChI=1S/C13H18N4O3/c1-8-3-4-9(11(18)16-8)13(20)17-6-5-15-7-10(17)12(19)14-2/h3-4,10,15H,5-7H2,1-2H3,(H,14,19)(H,16,18). The summed E-state index contributed by atoms with van der Waals surface area (Å²) in [5.74, 6) is -0.657. The molecule has 0 spiro atoms. The Morgan fingerprint density at radius 1 is 1.40 bits per heavy atom. The molecule has 3 N–H and O–H groups in total. The van der Waals surface area contributed by atoms with Crippen molar-refractivity contribution < 1.29 is 9.59 Å². The Morgan fingerprint density at radius 3 is 2.80 bits per heavy atom. The molecule has 0 saturated carbocycles. The molecule has 2 rings (SSSR count). The number of pyridine rings is 1. The summed E-state index contributed by atoms with van der Waals surface area (Å²) in [5.41, 5.74) is 0.324. The molecular weight excluding hydrogens is 260 g/mol. The van der Waals surface area contributed by atoms with E-state index >= 15 is 0 Å². The summed E-state index contributed by atoms with van der Waals surface area (Å²) in [6.45, 7) is 3.12. The maximum absolute atomic E-state index is 12.5. The molecule has 0 radical (unpaired) electrons. The topological polar surface area (TPSA) is 94.3 Å². The summed E-state index contributed by atoms with van der Waals surface area (Å²) in [5, 5.41) is 5.61. The first kappa shape index (κ1) is 14.3. The summed E-state index contributed by atoms with van der Waals surface area (Å²) in [6, 6.07) is 2.58. The molecule has 1 saturated heterocycles. The second kappa shape index (κ2) is 5.87. The number of carbonyl (C=O) groups excluding carboxylic acids is 2. The predicted octanol–water partition coefficient (Wildman–Crippen LogP) is -1.16. The van der Waals surface area contributed by atoms with Crippen molar-refractivity contribution in [3.63, 3.8) is 0 Å². The van der Waals surface area contributed by atoms with Crippen molar-refractivity contribution in [3.05, 3.63) is 33.7 Å². The van der Waals surface area contributed by atoms with Gasteiger partial charge in [0.05, 0.1) is 0 Å². The zero-order valence-electron chi connectivity index (χ0n) is 11.5. The molecule has 1 fully saturated rings. The van der Waals surface area contributed by atoms with Crippen molar-refractivity contribution in [3.8, 4) is 0 Å². The molecule has 20 heavy (non-hydrogen) atoms. The molecule has 1 unspecified atom stereocenters. The highest BCUT2D eigenvalue weighted by atomic mass is 16.2. The summed E-state index contributed by atoms with van der Waals surface area (Å²) in [7, 11) is 1.53. The van der Waals surface area contributed by atoms with E-state index in [1.807, 2.05) is 0 Å². The van der Waals surface area contributed by atoms with E-state index in [0.717, 1.165) is 0 Å². The molecule has 2 heterocycles. The number of hydrogen-bond donors (Lipinski definition) is 3. The Balaban J connectivity index is 2.30. The molecule has 0 bridgehead atoms. The number of aromatic nitrogens is 1. The van der Waals surface area contributed by atoms with Crippen molar-refractivity contribution in [2.75, 3.05) is 26.7 Å². The highest BCUT2D eigenvalue weighted by Gasteiger charge is 2.32. The zero-order valence-corrected chi connectivity index (χ0v) is 11.5. The SMILES string of the molecule is CNC(=O)C1CNCCN1C(=O)c1ccc(C)[nH]c1=O. The molecule has 108 valence electrons. The van der Waals surface area contributed by atoms with Crippen molar-refractivity contribution in [1.29, 1.82) is 0 Å². The van der Waals surface area contributed by atoms with Gasteiger partial charge in [-0.15, -0.1) is 0 Å². The molecule has 1 aromatic heterocycles. The van der Waals surface area contributed by atoms with Crippen molar-refractivity contribution in [2.45, 2.75) is 13.0 Å². The fraction of sp³-hybridized carbons (Fsp3) is 0.462. The Labute approximate surface area is 116 Å². The lowest BCUT2D eigenvalue weighted by atomic mass is 10.1. The number of H-pyrrole nitrogens is 1. The number of nitrogens with zero attached hydrogens (tertiary/aromatic N) is 1. The molecule has 0 aliphatic carbocycles. The van der Waals surface area contributed by atoms with Crippen LogP contribution in [-0.2, 0) is 4.79 Å². The number of aryl methyl sites for hydroxylation is 1. The van der Waals surface area contributed by atoms with Gasteiger partial charge in [0.2, 0.25) is 5.91 Å². The van der Waals surface area contributed by atoms with Crippen LogP contribution in [-0.4, -0.2) is 54.4 Å². The third kappa shape index (κ3) is 2.72. The van der Waals surface area contributed by atoms with Crippen LogP contribution < -0.4 is 16.2 Å². The van der Waals surface area contributed by atoms with Gasteiger partial charge in [-0.25, -0.2) is 0 Å². The minimum absolute atomic E-state index is 0.0615. The number of carbonyl (C=O) groups is 2. The first-order valence-corrected chi connectivity index (χ1v) is 6.48. The normalized spacial score (nSPS) is 18.7. The van der Waals surface area contributed by atoms with E-state index in [1.54, 1.807) is 13.0 Å². The Kier molecular flexibility index (Phi) is 4.19. The van der Waals surface area contributed by atoms with Crippen LogP contribution in [0.25, 0.3) is 0 Å². The number of amides is 2. The average molecular weight is 278 g/mol. The van der Waals surface area contributed by atoms with Gasteiger partial charge < -0.3 is 20.5 Å². The van der Waals surface area contributed by atoms with Gasteiger partial charge in [0.1, 0.15) is 11.6 Å². The second-order valence-corrected chi connectivity index (χ2v) is 4.72. The van der Waals surface area contributed by atoms with Crippen LogP contribution in [0.2, 0.25) is 0 Å². The highest BCUT2D eigenvalue weighted by molar-refractivity contribution is 5.97. The summed E-state index contributed by atoms with van der Waals surface area (Å²) >= 11 is 0. The fourth-order valence-electron chi connectivity index (χ4n) is 2.24. The molecule has 7 nitrogen and oxygen atoms in total. The molecule has 2 amide bonds. The van der Waals surface area contributed by atoms with Crippen LogP contribution in [0.15, 0.2) is 16.9 Å². The van der Waals surface area contributed by atoms with E-state index in [1.165, 1.54) is 18.0 Å². The van der Waals surface area contributed by atoms with Crippen molar-refractivity contribution in [1.82, 2.24) is 20.5 Å². The molecule has 1 atom stereocenters. The Hall–Kier alpha value is -2.15. The lowest BCUT2D eigenvalue weighted by molar-refractivity contribution is -0.125. The quantitative estimate of drug-likeness (QED) is 0.636. The van der Waals surface area contributed by atoms with E-state index in [9.17, 15) is 14.4 Å². The third-order valence-electron chi connectivity index (χ3n) is 3.34. The first-order valence-electron chi connectivity index (χ1n) is 6.48. The van der Waals surface area contributed by atoms with Crippen molar-refractivity contribution in [2.24, 2.45) is 0 Å². The largest absolute Gasteiger partial charge is 0.357 e. The van der Waals surface area contributed by atoms with Crippen LogP contribution in [0.3, 0.4) is 0 Å². The van der Waals surface area contributed by atoms with Crippen LogP contribution in [0.4, 0.5) is 0 Å². The van der Waals surface area contributed by atoms with E-state index < -0.39 is 17.5 Å². The maximum Gasteiger partial charge on any atom is 0.260 e. The van der Waals surface area contributed by atoms with Crippen LogP contribution >= 0.6 is 0 Å². The highest BCUT2D eigenvalue weighted by Crippen LogP contribution is 2.08. The number of nitrogens with one attached hydrogen (secondary N) is 3. The van der Waals surface area contributed by atoms with Gasteiger partial charge in [0.25, 0.3) is 11.5 Å². The lowest BCUT2D eigenvalue weighted by Crippen LogP contribution is -2.59. The number of aromatic amines is 1. The minimum Gasteiger partial charge on any atom is -0.357 e. The predicted molar refractivity (Wildman–Crippen MR) is 73.6 cm³/mol. The number of rotatable bonds is 2. The molecular formula is C13H18N4O3. The number of piperazine rings is 1. The summed E-state index contributed by atoms with van der Waals surface area (Å²) in [4.78, 5) is 40.2. The first-order chi connectivity index (χ1) is 9.54. The van der Waals surface area contributed by atoms with E-state index in [2.05, 4.69) is 15.6 Å². The van der Waals surface area contributed by atoms with Crippen LogP contribution in [0.1, 0.15) is 16.1 Å². The summed E-state index contributed by atoms with van der Waals surface area (Å²) in [6.07, 6.45) is 0. The Bertz CT molecular complexity index is 581. The second-order valence-electron chi connectivity index (χ2n) is 4.72. The Morgan fingerprint density at radius 2 is 2.15 bits per heavy atom. The summed E-state index contributed by atoms with van der Waals surface area (Å²) < 4.78 is 0. The van der Waals surface area contributed by atoms with Gasteiger partial charge in [-0.3, -0.25) is 14.4 Å². The molecule has 0 aromatic carbocycles. The third-order valence-corrected chi connectivity index (χ3v) is 3.34. The lowest BCUT2D eigenvalue weighted by Gasteiger charge is -2.34. The minimum atomic E-state index is -0.595. The molecule has 1 aromatic rings. The van der Waals surface area contributed by atoms with Gasteiger partial charge in [0, 0.05) is 32.4 Å². The maximum atomic E-state index is 12.5. The number of hydrogen-bond acceptors (Lipinski definition) is 4. The van der Waals surface area contributed by atoms with Gasteiger partial charge in [0.15, 0.2) is 0 Å². The smallest absolute Gasteiger partial charge is 0.260 e. The monoisotopic (exact) mass is 278 g/mol. The molecule has 1 aliphatic rings. The number of likely N-dealkylation sites (N-methyl/N-ethyl adjacent to an activating group) is 1. The van der Waals surface area contributed by atoms with E-state index in [0.29, 0.717) is 25.3 Å². The van der Waals surface area contributed by atoms with Gasteiger partial charge >= 0.3 is 0 Å². The van der Waals surface area contributed by atoms with Crippen LogP contribution in [0.5, 0.6) is 0 Å². The molecule has 1 aliphatic heterocycles. The average Bonchev–Trinajstić information content (AvgIpc) is 2.46. The van der Waals surface area contributed by atoms with Gasteiger partial charge in [-0.05, 0) is 19.1 Å². The van der Waals surface area contributed by atoms with Crippen LogP contribution in [0, 0.1) is 6.92 Å². The van der Waals surface area contributed by atoms with E-state index in [-0.39, 0.29) is 11.5 Å². The molecule has 7 heteroatoms. The van der Waals surface area contributed by atoms with E-state index in [4.69, 9.17) is 0 Å². The fourth-order valence-corrected chi connectivity index (χ4v) is 2.24. The van der Waals surface area contributed by atoms with Gasteiger partial charge in [-0.1, -0.05) is 0 Å². The van der Waals surface area contributed by atoms with Gasteiger partial charge in [-0.2, -0.15) is 0 Å². The zero-order chi connectivity index (χ0) is 14.7. The van der Waals surface area contributed by atoms with Crippen molar-refractivity contribution >= 4 is 11.8 Å².